The summed E-state index contributed by atoms with van der Waals surface area (Å²) in [7, 11) is 0. The van der Waals surface area contributed by atoms with Crippen LogP contribution in [0.3, 0.4) is 0 Å². The van der Waals surface area contributed by atoms with Gasteiger partial charge in [-0.15, -0.1) is 0 Å². The predicted octanol–water partition coefficient (Wildman–Crippen LogP) is 7.88. The molecule has 2 aromatic carbocycles. The third-order valence-electron chi connectivity index (χ3n) is 6.64. The Morgan fingerprint density at radius 1 is 0.613 bits per heavy atom. The second kappa shape index (κ2) is 10.6. The first-order valence-corrected chi connectivity index (χ1v) is 11.6. The van der Waals surface area contributed by atoms with Gasteiger partial charge in [0.2, 0.25) is 0 Å². The summed E-state index contributed by atoms with van der Waals surface area (Å²) < 4.78 is 6.53. The van der Waals surface area contributed by atoms with E-state index in [-0.39, 0.29) is 10.8 Å². The number of rotatable bonds is 8. The van der Waals surface area contributed by atoms with Crippen LogP contribution in [-0.2, 0) is 4.74 Å². The van der Waals surface area contributed by atoms with Crippen molar-refractivity contribution in [2.75, 3.05) is 13.2 Å². The SMILES string of the molecule is C1=CCC(/C=C/c2ccccc2)(COCC2(/C=C/c3ccccc3)CC=CCC2)CC1. The Labute approximate surface area is 187 Å². The molecule has 0 bridgehead atoms. The van der Waals surface area contributed by atoms with Crippen molar-refractivity contribution in [1.82, 2.24) is 0 Å². The van der Waals surface area contributed by atoms with Gasteiger partial charge in [-0.2, -0.15) is 0 Å². The van der Waals surface area contributed by atoms with Gasteiger partial charge >= 0.3 is 0 Å². The zero-order valence-corrected chi connectivity index (χ0v) is 18.5. The molecule has 1 nitrogen and oxygen atoms in total. The predicted molar refractivity (Wildman–Crippen MR) is 133 cm³/mol. The third kappa shape index (κ3) is 6.18. The Morgan fingerprint density at radius 3 is 1.45 bits per heavy atom. The Bertz CT molecular complexity index is 844. The van der Waals surface area contributed by atoms with E-state index in [9.17, 15) is 0 Å². The molecule has 0 aliphatic heterocycles. The average molecular weight is 411 g/mol. The van der Waals surface area contributed by atoms with Crippen molar-refractivity contribution in [2.24, 2.45) is 10.8 Å². The molecule has 0 saturated carbocycles. The zero-order chi connectivity index (χ0) is 21.2. The minimum absolute atomic E-state index is 0.0967. The first-order valence-electron chi connectivity index (χ1n) is 11.6. The molecule has 0 N–H and O–H groups in total. The van der Waals surface area contributed by atoms with Crippen LogP contribution in [0.2, 0.25) is 0 Å². The molecule has 0 saturated heterocycles. The van der Waals surface area contributed by atoms with E-state index in [1.54, 1.807) is 0 Å². The summed E-state index contributed by atoms with van der Waals surface area (Å²) in [4.78, 5) is 0. The van der Waals surface area contributed by atoms with Crippen LogP contribution in [0.4, 0.5) is 0 Å². The standard InChI is InChI=1S/C30H34O/c1-5-13-27(14-6-1)17-23-29(19-9-3-10-20-29)25-31-26-30(21-11-4-12-22-30)24-18-28-15-7-2-8-16-28/h1-9,11,13-18,23-24H,10,12,19-22,25-26H2/b23-17+,24-18+. The molecule has 0 heterocycles. The van der Waals surface area contributed by atoms with Gasteiger partial charge in [0.05, 0.1) is 13.2 Å². The number of allylic oxidation sites excluding steroid dienone is 4. The first kappa shape index (κ1) is 21.6. The first-order chi connectivity index (χ1) is 15.3. The number of hydrogen-bond donors (Lipinski definition) is 0. The summed E-state index contributed by atoms with van der Waals surface area (Å²) >= 11 is 0. The summed E-state index contributed by atoms with van der Waals surface area (Å²) in [5.41, 5.74) is 2.71. The van der Waals surface area contributed by atoms with Crippen LogP contribution in [-0.4, -0.2) is 13.2 Å². The summed E-state index contributed by atoms with van der Waals surface area (Å²) in [5, 5.41) is 0. The molecular weight excluding hydrogens is 376 g/mol. The van der Waals surface area contributed by atoms with Crippen molar-refractivity contribution in [3.8, 4) is 0 Å². The maximum Gasteiger partial charge on any atom is 0.0560 e. The monoisotopic (exact) mass is 410 g/mol. The van der Waals surface area contributed by atoms with Crippen LogP contribution in [0, 0.1) is 10.8 Å². The molecule has 0 fully saturated rings. The highest BCUT2D eigenvalue weighted by molar-refractivity contribution is 5.51. The van der Waals surface area contributed by atoms with E-state index in [1.165, 1.54) is 11.1 Å². The van der Waals surface area contributed by atoms with Gasteiger partial charge in [0.25, 0.3) is 0 Å². The lowest BCUT2D eigenvalue weighted by molar-refractivity contribution is 0.0176. The Kier molecular flexibility index (Phi) is 7.38. The highest BCUT2D eigenvalue weighted by atomic mass is 16.5. The largest absolute Gasteiger partial charge is 0.380 e. The average Bonchev–Trinajstić information content (AvgIpc) is 2.84. The normalized spacial score (nSPS) is 26.1. The topological polar surface area (TPSA) is 9.23 Å². The Morgan fingerprint density at radius 2 is 1.06 bits per heavy atom. The van der Waals surface area contributed by atoms with Gasteiger partial charge in [0.1, 0.15) is 0 Å². The molecule has 0 amide bonds. The van der Waals surface area contributed by atoms with E-state index in [1.807, 2.05) is 0 Å². The van der Waals surface area contributed by atoms with Crippen LogP contribution in [0.15, 0.2) is 97.1 Å². The lowest BCUT2D eigenvalue weighted by atomic mass is 9.76. The van der Waals surface area contributed by atoms with Crippen LogP contribution >= 0.6 is 0 Å². The summed E-state index contributed by atoms with van der Waals surface area (Å²) in [6.45, 7) is 1.57. The van der Waals surface area contributed by atoms with Crippen molar-refractivity contribution in [3.05, 3.63) is 108 Å². The number of benzene rings is 2. The van der Waals surface area contributed by atoms with Crippen LogP contribution in [0.1, 0.15) is 49.7 Å². The Balaban J connectivity index is 1.44. The maximum absolute atomic E-state index is 6.53. The van der Waals surface area contributed by atoms with Crippen LogP contribution in [0.5, 0.6) is 0 Å². The molecule has 160 valence electrons. The quantitative estimate of drug-likeness (QED) is 0.402. The fraction of sp³-hybridized carbons (Fsp3) is 0.333. The molecule has 2 aliphatic rings. The molecule has 2 aliphatic carbocycles. The van der Waals surface area contributed by atoms with E-state index in [2.05, 4.69) is 109 Å². The van der Waals surface area contributed by atoms with Crippen molar-refractivity contribution < 1.29 is 4.74 Å². The van der Waals surface area contributed by atoms with E-state index in [0.29, 0.717) is 0 Å². The van der Waals surface area contributed by atoms with E-state index >= 15 is 0 Å². The van der Waals surface area contributed by atoms with Gasteiger partial charge < -0.3 is 4.74 Å². The molecular formula is C30H34O. The maximum atomic E-state index is 6.53. The summed E-state index contributed by atoms with van der Waals surface area (Å²) in [6.07, 6.45) is 25.3. The van der Waals surface area contributed by atoms with Gasteiger partial charge in [-0.3, -0.25) is 0 Å². The molecule has 1 heteroatoms. The smallest absolute Gasteiger partial charge is 0.0560 e. The minimum atomic E-state index is 0.0967. The molecule has 2 aromatic rings. The minimum Gasteiger partial charge on any atom is -0.380 e. The number of ether oxygens (including phenoxy) is 1. The lowest BCUT2D eigenvalue weighted by Gasteiger charge is -2.36. The molecule has 0 radical (unpaired) electrons. The third-order valence-corrected chi connectivity index (χ3v) is 6.64. The van der Waals surface area contributed by atoms with Crippen molar-refractivity contribution in [3.63, 3.8) is 0 Å². The summed E-state index contributed by atoms with van der Waals surface area (Å²) in [6, 6.07) is 21.2. The molecule has 31 heavy (non-hydrogen) atoms. The van der Waals surface area contributed by atoms with Gasteiger partial charge in [-0.1, -0.05) is 109 Å². The lowest BCUT2D eigenvalue weighted by Crippen LogP contribution is -2.31. The molecule has 2 unspecified atom stereocenters. The van der Waals surface area contributed by atoms with E-state index < -0.39 is 0 Å². The van der Waals surface area contributed by atoms with Crippen molar-refractivity contribution >= 4 is 12.2 Å². The highest BCUT2D eigenvalue weighted by Gasteiger charge is 2.31. The van der Waals surface area contributed by atoms with Crippen molar-refractivity contribution in [2.45, 2.75) is 38.5 Å². The summed E-state index contributed by atoms with van der Waals surface area (Å²) in [5.74, 6) is 0. The Hall–Kier alpha value is -2.64. The fourth-order valence-corrected chi connectivity index (χ4v) is 4.61. The van der Waals surface area contributed by atoms with Gasteiger partial charge in [0, 0.05) is 10.8 Å². The molecule has 0 aromatic heterocycles. The van der Waals surface area contributed by atoms with Crippen molar-refractivity contribution in [1.29, 1.82) is 0 Å². The zero-order valence-electron chi connectivity index (χ0n) is 18.5. The van der Waals surface area contributed by atoms with Crippen LogP contribution in [0.25, 0.3) is 12.2 Å². The van der Waals surface area contributed by atoms with Crippen LogP contribution < -0.4 is 0 Å². The molecule has 2 atom stereocenters. The molecule has 0 spiro atoms. The van der Waals surface area contributed by atoms with Gasteiger partial charge in [0.15, 0.2) is 0 Å². The molecule has 4 rings (SSSR count). The number of hydrogen-bond acceptors (Lipinski definition) is 1. The van der Waals surface area contributed by atoms with E-state index in [4.69, 9.17) is 4.74 Å². The van der Waals surface area contributed by atoms with Gasteiger partial charge in [-0.05, 0) is 49.7 Å². The fourth-order valence-electron chi connectivity index (χ4n) is 4.61. The second-order valence-corrected chi connectivity index (χ2v) is 9.13. The van der Waals surface area contributed by atoms with E-state index in [0.717, 1.165) is 51.7 Å². The second-order valence-electron chi connectivity index (χ2n) is 9.13. The van der Waals surface area contributed by atoms with Gasteiger partial charge in [-0.25, -0.2) is 0 Å². The highest BCUT2D eigenvalue weighted by Crippen LogP contribution is 2.39.